The van der Waals surface area contributed by atoms with Crippen molar-refractivity contribution in [1.29, 1.82) is 0 Å². The molecule has 2 heterocycles. The molecule has 3 aromatic rings. The number of quaternary nitrogens is 1. The van der Waals surface area contributed by atoms with Gasteiger partial charge in [0.25, 0.3) is 0 Å². The Hall–Kier alpha value is -2.60. The number of hydrogen-bond donors (Lipinski definition) is 1. The van der Waals surface area contributed by atoms with Gasteiger partial charge in [-0.1, -0.05) is 30.3 Å². The summed E-state index contributed by atoms with van der Waals surface area (Å²) in [5.41, 5.74) is 2.29. The number of tetrazole rings is 1. The number of hydrogen-bond acceptors (Lipinski definition) is 4. The van der Waals surface area contributed by atoms with Gasteiger partial charge >= 0.3 is 0 Å². The van der Waals surface area contributed by atoms with Crippen molar-refractivity contribution < 1.29 is 4.90 Å². The van der Waals surface area contributed by atoms with Crippen LogP contribution in [-0.2, 0) is 12.1 Å². The third-order valence-corrected chi connectivity index (χ3v) is 4.56. The van der Waals surface area contributed by atoms with Gasteiger partial charge in [0, 0.05) is 23.5 Å². The lowest BCUT2D eigenvalue weighted by atomic mass is 10.0. The maximum Gasteiger partial charge on any atom is 0.214 e. The predicted molar refractivity (Wildman–Crippen MR) is 101 cm³/mol. The molecule has 0 fully saturated rings. The van der Waals surface area contributed by atoms with Crippen LogP contribution in [0, 0.1) is 0 Å². The standard InChI is InChI=1S/C20H26N6/c1-5-25(15-16-9-7-6-8-10-16)18(17-11-13-21-14-12-17)19-22-23-24-26(19)20(2,3)4/h6-14,18H,5,15H2,1-4H3/p+1/t18-/m0/s1. The van der Waals surface area contributed by atoms with Crippen LogP contribution in [0.3, 0.4) is 0 Å². The van der Waals surface area contributed by atoms with E-state index in [9.17, 15) is 0 Å². The highest BCUT2D eigenvalue weighted by Crippen LogP contribution is 2.22. The lowest BCUT2D eigenvalue weighted by Crippen LogP contribution is -3.11. The van der Waals surface area contributed by atoms with Gasteiger partial charge in [-0.2, -0.15) is 0 Å². The van der Waals surface area contributed by atoms with Gasteiger partial charge in [-0.25, -0.2) is 4.68 Å². The van der Waals surface area contributed by atoms with Crippen LogP contribution in [0.15, 0.2) is 54.9 Å². The molecule has 3 rings (SSSR count). The Kier molecular flexibility index (Phi) is 5.42. The van der Waals surface area contributed by atoms with E-state index in [0.29, 0.717) is 0 Å². The van der Waals surface area contributed by atoms with Crippen molar-refractivity contribution in [3.63, 3.8) is 0 Å². The van der Waals surface area contributed by atoms with E-state index in [1.165, 1.54) is 16.0 Å². The van der Waals surface area contributed by atoms with Crippen molar-refractivity contribution in [3.8, 4) is 0 Å². The number of pyridine rings is 1. The molecule has 2 atom stereocenters. The average molecular weight is 351 g/mol. The van der Waals surface area contributed by atoms with Gasteiger partial charge in [0.05, 0.1) is 12.1 Å². The lowest BCUT2D eigenvalue weighted by molar-refractivity contribution is -0.938. The van der Waals surface area contributed by atoms with Crippen LogP contribution >= 0.6 is 0 Å². The van der Waals surface area contributed by atoms with Crippen molar-refractivity contribution in [2.45, 2.75) is 45.8 Å². The maximum atomic E-state index is 4.43. The molecule has 0 aliphatic carbocycles. The van der Waals surface area contributed by atoms with E-state index in [1.54, 1.807) is 0 Å². The largest absolute Gasteiger partial charge is 0.319 e. The highest BCUT2D eigenvalue weighted by molar-refractivity contribution is 5.20. The van der Waals surface area contributed by atoms with Gasteiger partial charge in [0.2, 0.25) is 5.82 Å². The summed E-state index contributed by atoms with van der Waals surface area (Å²) in [6.07, 6.45) is 3.67. The van der Waals surface area contributed by atoms with E-state index in [4.69, 9.17) is 0 Å². The highest BCUT2D eigenvalue weighted by atomic mass is 15.6. The molecule has 0 saturated carbocycles. The first kappa shape index (κ1) is 18.2. The van der Waals surface area contributed by atoms with E-state index in [-0.39, 0.29) is 11.6 Å². The Labute approximate surface area is 154 Å². The molecule has 26 heavy (non-hydrogen) atoms. The van der Waals surface area contributed by atoms with E-state index >= 15 is 0 Å². The van der Waals surface area contributed by atoms with Gasteiger partial charge in [-0.3, -0.25) is 4.98 Å². The third kappa shape index (κ3) is 3.96. The van der Waals surface area contributed by atoms with Gasteiger partial charge in [0.1, 0.15) is 6.54 Å². The van der Waals surface area contributed by atoms with Crippen LogP contribution in [0.25, 0.3) is 0 Å². The second-order valence-electron chi connectivity index (χ2n) is 7.51. The molecule has 0 aliphatic rings. The quantitative estimate of drug-likeness (QED) is 0.738. The van der Waals surface area contributed by atoms with Crippen molar-refractivity contribution in [2.24, 2.45) is 0 Å². The SMILES string of the molecule is CC[NH+](Cc1ccccc1)[C@@H](c1ccncc1)c1nnnn1C(C)(C)C. The van der Waals surface area contributed by atoms with Crippen LogP contribution in [0.2, 0.25) is 0 Å². The Balaban J connectivity index is 2.05. The summed E-state index contributed by atoms with van der Waals surface area (Å²) in [6, 6.07) is 14.7. The van der Waals surface area contributed by atoms with Crippen LogP contribution < -0.4 is 4.90 Å². The van der Waals surface area contributed by atoms with E-state index in [0.717, 1.165) is 18.9 Å². The molecule has 0 saturated heterocycles. The molecule has 0 bridgehead atoms. The molecule has 1 aromatic carbocycles. The van der Waals surface area contributed by atoms with Gasteiger partial charge in [-0.15, -0.1) is 5.10 Å². The molecule has 0 radical (unpaired) electrons. The predicted octanol–water partition coefficient (Wildman–Crippen LogP) is 2.02. The molecular weight excluding hydrogens is 324 g/mol. The van der Waals surface area contributed by atoms with E-state index in [1.807, 2.05) is 17.1 Å². The zero-order valence-electron chi connectivity index (χ0n) is 15.9. The molecule has 0 spiro atoms. The zero-order valence-corrected chi connectivity index (χ0v) is 15.9. The smallest absolute Gasteiger partial charge is 0.214 e. The monoisotopic (exact) mass is 351 g/mol. The molecular formula is C20H27N6+. The normalized spacial score (nSPS) is 14.2. The van der Waals surface area contributed by atoms with Crippen LogP contribution in [0.4, 0.5) is 0 Å². The summed E-state index contributed by atoms with van der Waals surface area (Å²) in [5.74, 6) is 0.886. The topological polar surface area (TPSA) is 60.9 Å². The van der Waals surface area contributed by atoms with Crippen LogP contribution in [0.5, 0.6) is 0 Å². The first-order chi connectivity index (χ1) is 12.5. The number of nitrogens with zero attached hydrogens (tertiary/aromatic N) is 5. The summed E-state index contributed by atoms with van der Waals surface area (Å²) in [6.45, 7) is 10.4. The average Bonchev–Trinajstić information content (AvgIpc) is 3.13. The second kappa shape index (κ2) is 7.74. The Morgan fingerprint density at radius 3 is 2.35 bits per heavy atom. The molecule has 6 heteroatoms. The second-order valence-corrected chi connectivity index (χ2v) is 7.51. The van der Waals surface area contributed by atoms with Crippen molar-refractivity contribution in [2.75, 3.05) is 6.54 Å². The molecule has 2 aromatic heterocycles. The summed E-state index contributed by atoms with van der Waals surface area (Å²) >= 11 is 0. The van der Waals surface area contributed by atoms with Gasteiger partial charge in [-0.05, 0) is 50.3 Å². The zero-order chi connectivity index (χ0) is 18.6. The number of aromatic nitrogens is 5. The van der Waals surface area contributed by atoms with Crippen molar-refractivity contribution >= 4 is 0 Å². The minimum absolute atomic E-state index is 0.0393. The minimum Gasteiger partial charge on any atom is -0.319 e. The van der Waals surface area contributed by atoms with Crippen molar-refractivity contribution in [1.82, 2.24) is 25.2 Å². The summed E-state index contributed by atoms with van der Waals surface area (Å²) in [5, 5.41) is 12.7. The first-order valence-corrected chi connectivity index (χ1v) is 9.08. The van der Waals surface area contributed by atoms with Crippen LogP contribution in [0.1, 0.15) is 50.7 Å². The Morgan fingerprint density at radius 1 is 1.04 bits per heavy atom. The highest BCUT2D eigenvalue weighted by Gasteiger charge is 2.33. The third-order valence-electron chi connectivity index (χ3n) is 4.56. The van der Waals surface area contributed by atoms with E-state index < -0.39 is 0 Å². The number of benzene rings is 1. The minimum atomic E-state index is -0.185. The molecule has 0 aliphatic heterocycles. The number of nitrogens with one attached hydrogen (secondary N) is 1. The molecule has 6 nitrogen and oxygen atoms in total. The molecule has 0 amide bonds. The Morgan fingerprint density at radius 2 is 1.73 bits per heavy atom. The van der Waals surface area contributed by atoms with Crippen LogP contribution in [-0.4, -0.2) is 31.7 Å². The first-order valence-electron chi connectivity index (χ1n) is 9.08. The van der Waals surface area contributed by atoms with Gasteiger partial charge < -0.3 is 4.90 Å². The van der Waals surface area contributed by atoms with E-state index in [2.05, 4.69) is 90.7 Å². The van der Waals surface area contributed by atoms with Gasteiger partial charge in [0.15, 0.2) is 6.04 Å². The number of rotatable bonds is 6. The molecule has 1 N–H and O–H groups in total. The summed E-state index contributed by atoms with van der Waals surface area (Å²) < 4.78 is 1.94. The lowest BCUT2D eigenvalue weighted by Gasteiger charge is -2.29. The maximum absolute atomic E-state index is 4.43. The fourth-order valence-corrected chi connectivity index (χ4v) is 3.26. The Bertz CT molecular complexity index is 807. The fraction of sp³-hybridized carbons (Fsp3) is 0.400. The molecule has 136 valence electrons. The fourth-order valence-electron chi connectivity index (χ4n) is 3.26. The summed E-state index contributed by atoms with van der Waals surface area (Å²) in [4.78, 5) is 5.57. The molecule has 1 unspecified atom stereocenters. The summed E-state index contributed by atoms with van der Waals surface area (Å²) in [7, 11) is 0. The van der Waals surface area contributed by atoms with Crippen molar-refractivity contribution in [3.05, 3.63) is 71.8 Å².